The van der Waals surface area contributed by atoms with Crippen LogP contribution in [0.3, 0.4) is 0 Å². The lowest BCUT2D eigenvalue weighted by Crippen LogP contribution is -2.24. The summed E-state index contributed by atoms with van der Waals surface area (Å²) in [4.78, 5) is 0. The van der Waals surface area contributed by atoms with Crippen LogP contribution in [0.1, 0.15) is 11.1 Å². The van der Waals surface area contributed by atoms with E-state index in [2.05, 4.69) is 10.1 Å². The molecule has 2 nitrogen and oxygen atoms in total. The van der Waals surface area contributed by atoms with Gasteiger partial charge in [-0.2, -0.15) is 0 Å². The van der Waals surface area contributed by atoms with Crippen molar-refractivity contribution in [3.8, 4) is 5.75 Å². The summed E-state index contributed by atoms with van der Waals surface area (Å²) in [5.41, 5.74) is 1.96. The number of fused-ring (bicyclic) bond motifs is 1. The highest BCUT2D eigenvalue weighted by Crippen LogP contribution is 2.26. The number of rotatable bonds is 1. The van der Waals surface area contributed by atoms with E-state index in [1.54, 1.807) is 6.07 Å². The second-order valence-corrected chi connectivity index (χ2v) is 3.41. The van der Waals surface area contributed by atoms with Crippen molar-refractivity contribution in [3.05, 3.63) is 29.3 Å². The van der Waals surface area contributed by atoms with Gasteiger partial charge in [0.15, 0.2) is 0 Å². The minimum atomic E-state index is -4.61. The quantitative estimate of drug-likeness (QED) is 0.778. The van der Waals surface area contributed by atoms with Gasteiger partial charge in [0, 0.05) is 6.54 Å². The molecule has 0 bridgehead atoms. The Hall–Kier alpha value is -1.23. The fraction of sp³-hybridized carbons (Fsp3) is 0.400. The molecule has 0 radical (unpaired) electrons. The molecule has 1 aromatic rings. The molecule has 0 fully saturated rings. The fourth-order valence-electron chi connectivity index (χ4n) is 1.65. The number of ether oxygens (including phenoxy) is 1. The Morgan fingerprint density at radius 2 is 2.00 bits per heavy atom. The molecule has 0 saturated heterocycles. The van der Waals surface area contributed by atoms with E-state index in [1.165, 1.54) is 12.1 Å². The third kappa shape index (κ3) is 2.62. The zero-order valence-corrected chi connectivity index (χ0v) is 7.90. The molecule has 0 amide bonds. The van der Waals surface area contributed by atoms with Crippen LogP contribution in [0.25, 0.3) is 0 Å². The van der Waals surface area contributed by atoms with Gasteiger partial charge in [0.1, 0.15) is 5.75 Å². The average Bonchev–Trinajstić information content (AvgIpc) is 2.15. The molecule has 0 unspecified atom stereocenters. The van der Waals surface area contributed by atoms with Crippen molar-refractivity contribution in [2.75, 3.05) is 6.54 Å². The maximum atomic E-state index is 11.9. The first-order valence-corrected chi connectivity index (χ1v) is 4.63. The smallest absolute Gasteiger partial charge is 0.406 e. The van der Waals surface area contributed by atoms with Crippen LogP contribution in [0.15, 0.2) is 18.2 Å². The summed E-state index contributed by atoms with van der Waals surface area (Å²) >= 11 is 0. The van der Waals surface area contributed by atoms with Crippen molar-refractivity contribution >= 4 is 0 Å². The number of hydrogen-bond acceptors (Lipinski definition) is 2. The summed E-state index contributed by atoms with van der Waals surface area (Å²) in [5.74, 6) is -0.148. The van der Waals surface area contributed by atoms with Crippen molar-refractivity contribution in [3.63, 3.8) is 0 Å². The monoisotopic (exact) mass is 217 g/mol. The second-order valence-electron chi connectivity index (χ2n) is 3.41. The molecule has 0 aromatic heterocycles. The molecule has 1 aliphatic rings. The number of benzene rings is 1. The summed E-state index contributed by atoms with van der Waals surface area (Å²) in [7, 11) is 0. The van der Waals surface area contributed by atoms with E-state index in [0.29, 0.717) is 6.54 Å². The van der Waals surface area contributed by atoms with E-state index in [0.717, 1.165) is 24.1 Å². The second kappa shape index (κ2) is 3.73. The van der Waals surface area contributed by atoms with Crippen LogP contribution in [0.5, 0.6) is 5.75 Å². The van der Waals surface area contributed by atoms with Crippen molar-refractivity contribution in [2.45, 2.75) is 19.3 Å². The predicted molar refractivity (Wildman–Crippen MR) is 48.5 cm³/mol. The first kappa shape index (κ1) is 10.3. The van der Waals surface area contributed by atoms with Crippen molar-refractivity contribution in [1.29, 1.82) is 0 Å². The number of alkyl halides is 3. The summed E-state index contributed by atoms with van der Waals surface area (Å²) in [6, 6.07) is 4.49. The summed E-state index contributed by atoms with van der Waals surface area (Å²) < 4.78 is 39.6. The first-order chi connectivity index (χ1) is 7.04. The number of halogens is 3. The lowest BCUT2D eigenvalue weighted by Gasteiger charge is -2.18. The molecule has 1 heterocycles. The molecule has 0 saturated carbocycles. The van der Waals surface area contributed by atoms with Gasteiger partial charge in [-0.15, -0.1) is 13.2 Å². The zero-order chi connectivity index (χ0) is 10.9. The van der Waals surface area contributed by atoms with Gasteiger partial charge in [-0.1, -0.05) is 6.07 Å². The van der Waals surface area contributed by atoms with Crippen molar-refractivity contribution in [1.82, 2.24) is 5.32 Å². The Kier molecular flexibility index (Phi) is 2.56. The highest BCUT2D eigenvalue weighted by molar-refractivity contribution is 5.37. The molecule has 1 aliphatic heterocycles. The highest BCUT2D eigenvalue weighted by atomic mass is 19.4. The minimum absolute atomic E-state index is 0.148. The van der Waals surface area contributed by atoms with Crippen molar-refractivity contribution in [2.24, 2.45) is 0 Å². The van der Waals surface area contributed by atoms with Crippen LogP contribution in [-0.2, 0) is 13.0 Å². The molecule has 0 atom stereocenters. The molecule has 2 rings (SSSR count). The number of nitrogens with one attached hydrogen (secondary N) is 1. The van der Waals surface area contributed by atoms with E-state index in [9.17, 15) is 13.2 Å². The van der Waals surface area contributed by atoms with Gasteiger partial charge in [0.2, 0.25) is 0 Å². The molecule has 0 spiro atoms. The van der Waals surface area contributed by atoms with E-state index in [-0.39, 0.29) is 5.75 Å². The maximum absolute atomic E-state index is 11.9. The summed E-state index contributed by atoms with van der Waals surface area (Å²) in [6.45, 7) is 1.47. The van der Waals surface area contributed by atoms with Crippen LogP contribution in [0, 0.1) is 0 Å². The van der Waals surface area contributed by atoms with Gasteiger partial charge in [-0.25, -0.2) is 0 Å². The molecule has 1 N–H and O–H groups in total. The standard InChI is InChI=1S/C10H10F3NO/c11-10(12,13)15-9-2-1-7-3-4-14-6-8(7)5-9/h1-2,5,14H,3-4,6H2. The van der Waals surface area contributed by atoms with Gasteiger partial charge < -0.3 is 10.1 Å². The third-order valence-corrected chi connectivity index (χ3v) is 2.30. The van der Waals surface area contributed by atoms with Gasteiger partial charge >= 0.3 is 6.36 Å². The predicted octanol–water partition coefficient (Wildman–Crippen LogP) is 2.23. The third-order valence-electron chi connectivity index (χ3n) is 2.30. The lowest BCUT2D eigenvalue weighted by molar-refractivity contribution is -0.274. The van der Waals surface area contributed by atoms with Crippen LogP contribution < -0.4 is 10.1 Å². The van der Waals surface area contributed by atoms with E-state index in [4.69, 9.17) is 0 Å². The molecule has 0 aliphatic carbocycles. The Morgan fingerprint density at radius 1 is 1.20 bits per heavy atom. The fourth-order valence-corrected chi connectivity index (χ4v) is 1.65. The van der Waals surface area contributed by atoms with Gasteiger partial charge in [0.25, 0.3) is 0 Å². The van der Waals surface area contributed by atoms with Gasteiger partial charge in [-0.3, -0.25) is 0 Å². The summed E-state index contributed by atoms with van der Waals surface area (Å²) in [5, 5.41) is 3.09. The Morgan fingerprint density at radius 3 is 2.73 bits per heavy atom. The molecule has 5 heteroatoms. The average molecular weight is 217 g/mol. The maximum Gasteiger partial charge on any atom is 0.573 e. The van der Waals surface area contributed by atoms with E-state index in [1.807, 2.05) is 0 Å². The Labute approximate surface area is 85.0 Å². The zero-order valence-electron chi connectivity index (χ0n) is 7.90. The topological polar surface area (TPSA) is 21.3 Å². The van der Waals surface area contributed by atoms with Crippen molar-refractivity contribution < 1.29 is 17.9 Å². The first-order valence-electron chi connectivity index (χ1n) is 4.63. The minimum Gasteiger partial charge on any atom is -0.406 e. The largest absolute Gasteiger partial charge is 0.573 e. The van der Waals surface area contributed by atoms with Gasteiger partial charge in [-0.05, 0) is 36.2 Å². The lowest BCUT2D eigenvalue weighted by atomic mass is 10.0. The van der Waals surface area contributed by atoms with Crippen LogP contribution in [0.4, 0.5) is 13.2 Å². The Balaban J connectivity index is 2.21. The summed E-state index contributed by atoms with van der Waals surface area (Å²) in [6.07, 6.45) is -3.77. The normalized spacial score (nSPS) is 15.9. The van der Waals surface area contributed by atoms with Crippen LogP contribution in [0.2, 0.25) is 0 Å². The molecular formula is C10H10F3NO. The molecule has 15 heavy (non-hydrogen) atoms. The number of hydrogen-bond donors (Lipinski definition) is 1. The van der Waals surface area contributed by atoms with Crippen LogP contribution >= 0.6 is 0 Å². The van der Waals surface area contributed by atoms with Crippen LogP contribution in [-0.4, -0.2) is 12.9 Å². The van der Waals surface area contributed by atoms with E-state index < -0.39 is 6.36 Å². The molecule has 82 valence electrons. The van der Waals surface area contributed by atoms with E-state index >= 15 is 0 Å². The molecular weight excluding hydrogens is 207 g/mol. The van der Waals surface area contributed by atoms with Gasteiger partial charge in [0.05, 0.1) is 0 Å². The highest BCUT2D eigenvalue weighted by Gasteiger charge is 2.31. The SMILES string of the molecule is FC(F)(F)Oc1ccc2c(c1)CNCC2. The molecule has 1 aromatic carbocycles. The Bertz CT molecular complexity index is 362.